The normalized spacial score (nSPS) is 18.6. The molecule has 1 aliphatic carbocycles. The highest BCUT2D eigenvalue weighted by molar-refractivity contribution is 6.90. The summed E-state index contributed by atoms with van der Waals surface area (Å²) < 4.78 is 50.1. The van der Waals surface area contributed by atoms with Crippen LogP contribution in [-0.2, 0) is 9.47 Å². The highest BCUT2D eigenvalue weighted by Gasteiger charge is 2.59. The molecule has 2 aliphatic rings. The van der Waals surface area contributed by atoms with E-state index in [1.807, 2.05) is 40.7 Å². The average molecular weight is 742 g/mol. The molecule has 10 heteroatoms. The number of halogens is 2. The maximum atomic E-state index is 17.4. The molecule has 1 aliphatic heterocycles. The number of piperidine rings is 1. The molecule has 1 saturated carbocycles. The number of hydrogen-bond donors (Lipinski definition) is 0. The van der Waals surface area contributed by atoms with Gasteiger partial charge >= 0.3 is 6.09 Å². The van der Waals surface area contributed by atoms with Crippen LogP contribution >= 0.6 is 0 Å². The number of ether oxygens (including phenoxy) is 3. The first-order valence-corrected chi connectivity index (χ1v) is 21.0. The third kappa shape index (κ3) is 6.91. The first-order valence-electron chi connectivity index (χ1n) is 18.8. The van der Waals surface area contributed by atoms with E-state index < -0.39 is 25.3 Å². The number of pyridine rings is 2. The SMILES string of the molecule is COCOc1cc(-c2ncc3c(C4C5CN(C(=O)OC(C)(C)C)CC54)nc(C)c(C)c3c2F)c2c(C#C[Si](C(C)C)(C(C)C)C(C)C)c(F)ccc2c1. The number of carbonyl (C=O) groups excluding carboxylic acids is 1. The molecule has 1 saturated heterocycles. The standard InChI is InChI=1S/C43H53F2N3O4Si/c1-23(2)53(24(3)4,25(5)6)16-15-30-35(44)14-13-28-17-29(51-22-50-12)18-31(37(28)30)41-39(45)36-26(7)27(8)47-40(32(36)19-46-41)38-33-20-48(21-34(33)38)42(49)52-43(9,10)11/h13-14,17-19,23-25,33-34,38H,20-22H2,1-12H3. The minimum Gasteiger partial charge on any atom is -0.468 e. The molecule has 2 fully saturated rings. The van der Waals surface area contributed by atoms with Crippen LogP contribution in [0.4, 0.5) is 13.6 Å². The van der Waals surface area contributed by atoms with Crippen molar-refractivity contribution >= 4 is 35.7 Å². The lowest BCUT2D eigenvalue weighted by atomic mass is 9.94. The number of carbonyl (C=O) groups is 1. The summed E-state index contributed by atoms with van der Waals surface area (Å²) >= 11 is 0. The first-order chi connectivity index (χ1) is 24.9. The smallest absolute Gasteiger partial charge is 0.410 e. The molecule has 282 valence electrons. The van der Waals surface area contributed by atoms with Crippen molar-refractivity contribution in [3.8, 4) is 28.5 Å². The van der Waals surface area contributed by atoms with Crippen molar-refractivity contribution in [3.05, 3.63) is 64.6 Å². The molecule has 53 heavy (non-hydrogen) atoms. The van der Waals surface area contributed by atoms with Crippen LogP contribution in [0.15, 0.2) is 30.5 Å². The summed E-state index contributed by atoms with van der Waals surface area (Å²) in [5.41, 5.74) is 7.13. The molecule has 0 bridgehead atoms. The lowest BCUT2D eigenvalue weighted by molar-refractivity contribution is 0.0270. The minimum atomic E-state index is -2.24. The summed E-state index contributed by atoms with van der Waals surface area (Å²) in [6.45, 7) is 23.8. The van der Waals surface area contributed by atoms with Crippen molar-refractivity contribution in [2.24, 2.45) is 11.8 Å². The Morgan fingerprint density at radius 2 is 1.64 bits per heavy atom. The van der Waals surface area contributed by atoms with Gasteiger partial charge in [0.05, 0.1) is 11.3 Å². The predicted octanol–water partition coefficient (Wildman–Crippen LogP) is 10.5. The Bertz CT molecular complexity index is 2120. The zero-order valence-corrected chi connectivity index (χ0v) is 34.2. The van der Waals surface area contributed by atoms with Gasteiger partial charge in [-0.15, -0.1) is 5.54 Å². The van der Waals surface area contributed by atoms with E-state index in [-0.39, 0.29) is 41.9 Å². The summed E-state index contributed by atoms with van der Waals surface area (Å²) in [7, 11) is -0.712. The van der Waals surface area contributed by atoms with Gasteiger partial charge in [0.2, 0.25) is 0 Å². The predicted molar refractivity (Wildman–Crippen MR) is 210 cm³/mol. The van der Waals surface area contributed by atoms with E-state index >= 15 is 8.78 Å². The molecule has 0 radical (unpaired) electrons. The largest absolute Gasteiger partial charge is 0.468 e. The molecule has 0 spiro atoms. The Labute approximate surface area is 313 Å². The van der Waals surface area contributed by atoms with Crippen LogP contribution in [0.25, 0.3) is 32.8 Å². The maximum absolute atomic E-state index is 17.4. The summed E-state index contributed by atoms with van der Waals surface area (Å²) in [6, 6.07) is 6.62. The number of fused-ring (bicyclic) bond motifs is 3. The second kappa shape index (κ2) is 14.3. The number of likely N-dealkylation sites (tertiary alicyclic amines) is 1. The number of rotatable bonds is 8. The topological polar surface area (TPSA) is 73.8 Å². The van der Waals surface area contributed by atoms with Gasteiger partial charge in [-0.05, 0) is 92.2 Å². The number of aromatic nitrogens is 2. The summed E-state index contributed by atoms with van der Waals surface area (Å²) in [6.07, 6.45) is 1.39. The zero-order chi connectivity index (χ0) is 38.7. The molecule has 0 N–H and O–H groups in total. The fraction of sp³-hybridized carbons (Fsp3) is 0.512. The lowest BCUT2D eigenvalue weighted by Gasteiger charge is -2.38. The molecule has 1 amide bonds. The molecule has 2 unspecified atom stereocenters. The Kier molecular flexibility index (Phi) is 10.4. The van der Waals surface area contributed by atoms with E-state index in [1.54, 1.807) is 23.2 Å². The maximum Gasteiger partial charge on any atom is 0.410 e. The molecule has 2 atom stereocenters. The van der Waals surface area contributed by atoms with Gasteiger partial charge in [-0.3, -0.25) is 9.97 Å². The number of methoxy groups -OCH3 is 1. The van der Waals surface area contributed by atoms with Crippen LogP contribution in [0.3, 0.4) is 0 Å². The highest BCUT2D eigenvalue weighted by Crippen LogP contribution is 2.59. The van der Waals surface area contributed by atoms with Crippen LogP contribution in [0.2, 0.25) is 16.6 Å². The Morgan fingerprint density at radius 1 is 1.00 bits per heavy atom. The lowest BCUT2D eigenvalue weighted by Crippen LogP contribution is -2.43. The van der Waals surface area contributed by atoms with E-state index in [0.717, 1.165) is 17.0 Å². The van der Waals surface area contributed by atoms with Crippen molar-refractivity contribution < 1.29 is 27.8 Å². The van der Waals surface area contributed by atoms with Crippen molar-refractivity contribution in [1.29, 1.82) is 0 Å². The van der Waals surface area contributed by atoms with Gasteiger partial charge < -0.3 is 19.1 Å². The van der Waals surface area contributed by atoms with Gasteiger partial charge in [0.25, 0.3) is 0 Å². The van der Waals surface area contributed by atoms with E-state index in [9.17, 15) is 4.79 Å². The van der Waals surface area contributed by atoms with E-state index in [1.165, 1.54) is 13.2 Å². The second-order valence-electron chi connectivity index (χ2n) is 16.8. The van der Waals surface area contributed by atoms with Gasteiger partial charge in [0.1, 0.15) is 30.9 Å². The van der Waals surface area contributed by atoms with Gasteiger partial charge in [-0.1, -0.05) is 53.5 Å². The molecule has 6 rings (SSSR count). The van der Waals surface area contributed by atoms with Crippen LogP contribution in [0.1, 0.15) is 90.7 Å². The quantitative estimate of drug-likeness (QED) is 0.102. The summed E-state index contributed by atoms with van der Waals surface area (Å²) in [4.78, 5) is 24.3. The molecular weight excluding hydrogens is 689 g/mol. The van der Waals surface area contributed by atoms with Gasteiger partial charge in [-0.25, -0.2) is 13.6 Å². The molecule has 4 aromatic rings. The minimum absolute atomic E-state index is 0.0138. The fourth-order valence-electron chi connectivity index (χ4n) is 8.94. The van der Waals surface area contributed by atoms with Crippen molar-refractivity contribution in [2.45, 2.75) is 104 Å². The molecule has 2 aromatic heterocycles. The molecule has 3 heterocycles. The highest BCUT2D eigenvalue weighted by atomic mass is 28.3. The molecule has 7 nitrogen and oxygen atoms in total. The summed E-state index contributed by atoms with van der Waals surface area (Å²) in [5.74, 6) is 3.33. The Morgan fingerprint density at radius 3 is 2.23 bits per heavy atom. The number of benzene rings is 2. The van der Waals surface area contributed by atoms with Gasteiger partial charge in [-0.2, -0.15) is 0 Å². The molecular formula is C43H53F2N3O4Si. The van der Waals surface area contributed by atoms with Crippen LogP contribution in [0.5, 0.6) is 5.75 Å². The third-order valence-corrected chi connectivity index (χ3v) is 17.9. The Balaban J connectivity index is 1.51. The van der Waals surface area contributed by atoms with Gasteiger partial charge in [0, 0.05) is 59.7 Å². The first kappa shape index (κ1) is 38.6. The Hall–Kier alpha value is -4.07. The van der Waals surface area contributed by atoms with E-state index in [2.05, 4.69) is 53.0 Å². The number of nitrogens with zero attached hydrogens (tertiary/aromatic N) is 3. The van der Waals surface area contributed by atoms with Crippen LogP contribution in [-0.4, -0.2) is 61.6 Å². The zero-order valence-electron chi connectivity index (χ0n) is 33.2. The van der Waals surface area contributed by atoms with Gasteiger partial charge in [0.15, 0.2) is 12.6 Å². The van der Waals surface area contributed by atoms with E-state index in [4.69, 9.17) is 24.2 Å². The number of aryl methyl sites for hydroxylation is 2. The third-order valence-electron chi connectivity index (χ3n) is 11.6. The average Bonchev–Trinajstić information content (AvgIpc) is 3.55. The van der Waals surface area contributed by atoms with E-state index in [0.29, 0.717) is 62.6 Å². The fourth-order valence-corrected chi connectivity index (χ4v) is 14.1. The molecule has 2 aromatic carbocycles. The van der Waals surface area contributed by atoms with Crippen molar-refractivity contribution in [3.63, 3.8) is 0 Å². The van der Waals surface area contributed by atoms with Crippen molar-refractivity contribution in [1.82, 2.24) is 14.9 Å². The number of hydrogen-bond acceptors (Lipinski definition) is 6. The summed E-state index contributed by atoms with van der Waals surface area (Å²) in [5, 5.41) is 2.25. The second-order valence-corrected chi connectivity index (χ2v) is 22.4. The number of amides is 1. The monoisotopic (exact) mass is 741 g/mol. The van der Waals surface area contributed by atoms with Crippen LogP contribution < -0.4 is 4.74 Å². The van der Waals surface area contributed by atoms with Crippen molar-refractivity contribution in [2.75, 3.05) is 27.0 Å². The van der Waals surface area contributed by atoms with Crippen LogP contribution in [0, 0.1) is 48.8 Å².